The van der Waals surface area contributed by atoms with Gasteiger partial charge in [0.25, 0.3) is 0 Å². The summed E-state index contributed by atoms with van der Waals surface area (Å²) >= 11 is 0. The van der Waals surface area contributed by atoms with E-state index in [4.69, 9.17) is 0 Å². The van der Waals surface area contributed by atoms with Gasteiger partial charge in [-0.3, -0.25) is 4.90 Å². The lowest BCUT2D eigenvalue weighted by Crippen LogP contribution is -2.34. The van der Waals surface area contributed by atoms with Crippen LogP contribution in [0.3, 0.4) is 0 Å². The van der Waals surface area contributed by atoms with Crippen molar-refractivity contribution in [3.05, 3.63) is 23.3 Å². The molecule has 0 aromatic carbocycles. The third-order valence-electron chi connectivity index (χ3n) is 3.50. The highest BCUT2D eigenvalue weighted by Gasteiger charge is 2.16. The van der Waals surface area contributed by atoms with E-state index >= 15 is 0 Å². The van der Waals surface area contributed by atoms with Gasteiger partial charge in [0.1, 0.15) is 0 Å². The van der Waals surface area contributed by atoms with E-state index in [0.717, 1.165) is 19.4 Å². The third kappa shape index (κ3) is 3.00. The van der Waals surface area contributed by atoms with Crippen molar-refractivity contribution in [3.8, 4) is 11.8 Å². The van der Waals surface area contributed by atoms with Crippen LogP contribution in [-0.2, 0) is 0 Å². The van der Waals surface area contributed by atoms with Crippen LogP contribution in [0.15, 0.2) is 23.3 Å². The summed E-state index contributed by atoms with van der Waals surface area (Å²) in [6, 6.07) is 0.674. The molecule has 1 nitrogen and oxygen atoms in total. The van der Waals surface area contributed by atoms with E-state index in [2.05, 4.69) is 42.9 Å². The molecule has 0 radical (unpaired) electrons. The van der Waals surface area contributed by atoms with Crippen LogP contribution in [0.2, 0.25) is 0 Å². The first-order chi connectivity index (χ1) is 7.75. The topological polar surface area (TPSA) is 3.24 Å². The summed E-state index contributed by atoms with van der Waals surface area (Å²) in [7, 11) is 2.24. The van der Waals surface area contributed by atoms with Gasteiger partial charge in [-0.2, -0.15) is 0 Å². The zero-order valence-electron chi connectivity index (χ0n) is 10.4. The summed E-state index contributed by atoms with van der Waals surface area (Å²) in [4.78, 5) is 2.48. The molecule has 2 aliphatic carbocycles. The number of hydrogen-bond acceptors (Lipinski definition) is 1. The van der Waals surface area contributed by atoms with Gasteiger partial charge in [0.15, 0.2) is 0 Å². The molecule has 0 spiro atoms. The van der Waals surface area contributed by atoms with E-state index in [0.29, 0.717) is 6.04 Å². The van der Waals surface area contributed by atoms with Gasteiger partial charge in [0.05, 0.1) is 0 Å². The molecule has 16 heavy (non-hydrogen) atoms. The lowest BCUT2D eigenvalue weighted by Gasteiger charge is -2.29. The summed E-state index contributed by atoms with van der Waals surface area (Å²) in [5, 5.41) is 0. The van der Waals surface area contributed by atoms with E-state index < -0.39 is 0 Å². The van der Waals surface area contributed by atoms with Crippen molar-refractivity contribution >= 4 is 0 Å². The van der Waals surface area contributed by atoms with Gasteiger partial charge in [-0.05, 0) is 33.2 Å². The quantitative estimate of drug-likeness (QED) is 0.654. The second kappa shape index (κ2) is 5.37. The largest absolute Gasteiger partial charge is 0.299 e. The van der Waals surface area contributed by atoms with Crippen LogP contribution in [0, 0.1) is 11.8 Å². The lowest BCUT2D eigenvalue weighted by atomic mass is 9.98. The van der Waals surface area contributed by atoms with Gasteiger partial charge in [-0.15, -0.1) is 11.8 Å². The Kier molecular flexibility index (Phi) is 3.85. The summed E-state index contributed by atoms with van der Waals surface area (Å²) < 4.78 is 0. The maximum Gasteiger partial charge on any atom is 0.0245 e. The molecule has 2 rings (SSSR count). The first kappa shape index (κ1) is 11.5. The van der Waals surface area contributed by atoms with Gasteiger partial charge in [0.2, 0.25) is 0 Å². The van der Waals surface area contributed by atoms with Crippen molar-refractivity contribution in [2.24, 2.45) is 0 Å². The normalized spacial score (nSPS) is 24.6. The number of likely N-dealkylation sites (N-methyl/N-ethyl adjacent to an activating group) is 1. The second-order valence-electron chi connectivity index (χ2n) is 4.95. The Morgan fingerprint density at radius 2 is 2.31 bits per heavy atom. The number of hydrogen-bond donors (Lipinski definition) is 0. The van der Waals surface area contributed by atoms with Crippen molar-refractivity contribution in [2.45, 2.75) is 45.1 Å². The molecule has 0 saturated heterocycles. The molecule has 1 unspecified atom stereocenters. The van der Waals surface area contributed by atoms with E-state index in [1.54, 1.807) is 5.57 Å². The maximum absolute atomic E-state index is 3.24. The van der Waals surface area contributed by atoms with Gasteiger partial charge in [-0.1, -0.05) is 23.3 Å². The zero-order valence-corrected chi connectivity index (χ0v) is 10.4. The van der Waals surface area contributed by atoms with Crippen LogP contribution in [0.1, 0.15) is 39.0 Å². The van der Waals surface area contributed by atoms with Crippen LogP contribution in [0.4, 0.5) is 0 Å². The highest BCUT2D eigenvalue weighted by Crippen LogP contribution is 2.20. The Bertz CT molecular complexity index is 365. The average Bonchev–Trinajstić information content (AvgIpc) is 2.30. The monoisotopic (exact) mass is 215 g/mol. The Balaban J connectivity index is 1.90. The summed E-state index contributed by atoms with van der Waals surface area (Å²) in [6.45, 7) is 3.32. The number of rotatable bonds is 3. The van der Waals surface area contributed by atoms with Crippen LogP contribution >= 0.6 is 0 Å². The highest BCUT2D eigenvalue weighted by molar-refractivity contribution is 5.27. The molecule has 2 aliphatic rings. The maximum atomic E-state index is 3.24. The van der Waals surface area contributed by atoms with Gasteiger partial charge >= 0.3 is 0 Å². The molecule has 0 aromatic heterocycles. The predicted octanol–water partition coefficient (Wildman–Crippen LogP) is 3.14. The van der Waals surface area contributed by atoms with Crippen molar-refractivity contribution < 1.29 is 0 Å². The molecular formula is C15H21N. The molecule has 0 aromatic rings. The molecule has 0 fully saturated rings. The SMILES string of the molecule is CC1=CCCC(CN(C)C2CC#CCC2)=C1. The molecule has 1 heteroatoms. The fraction of sp³-hybridized carbons (Fsp3) is 0.600. The van der Waals surface area contributed by atoms with Crippen LogP contribution in [0.25, 0.3) is 0 Å². The fourth-order valence-corrected chi connectivity index (χ4v) is 2.51. The summed E-state index contributed by atoms with van der Waals surface area (Å²) in [5.74, 6) is 6.42. The van der Waals surface area contributed by atoms with E-state index in [9.17, 15) is 0 Å². The van der Waals surface area contributed by atoms with Crippen molar-refractivity contribution in [1.29, 1.82) is 0 Å². The van der Waals surface area contributed by atoms with E-state index in [1.165, 1.54) is 24.8 Å². The molecule has 1 atom stereocenters. The molecule has 0 aliphatic heterocycles. The minimum Gasteiger partial charge on any atom is -0.299 e. The Morgan fingerprint density at radius 1 is 1.44 bits per heavy atom. The molecule has 0 amide bonds. The average molecular weight is 215 g/mol. The molecule has 0 N–H and O–H groups in total. The Labute approximate surface area is 99.2 Å². The van der Waals surface area contributed by atoms with Gasteiger partial charge in [-0.25, -0.2) is 0 Å². The highest BCUT2D eigenvalue weighted by atomic mass is 15.1. The minimum absolute atomic E-state index is 0.674. The van der Waals surface area contributed by atoms with Gasteiger partial charge in [0, 0.05) is 25.4 Å². The van der Waals surface area contributed by atoms with Crippen LogP contribution < -0.4 is 0 Å². The molecular weight excluding hydrogens is 194 g/mol. The number of nitrogens with zero attached hydrogens (tertiary/aromatic N) is 1. The molecule has 86 valence electrons. The van der Waals surface area contributed by atoms with E-state index in [1.807, 2.05) is 0 Å². The fourth-order valence-electron chi connectivity index (χ4n) is 2.51. The van der Waals surface area contributed by atoms with Crippen LogP contribution in [-0.4, -0.2) is 24.5 Å². The first-order valence-corrected chi connectivity index (χ1v) is 6.28. The molecule has 0 saturated carbocycles. The first-order valence-electron chi connectivity index (χ1n) is 6.28. The van der Waals surface area contributed by atoms with Crippen molar-refractivity contribution in [2.75, 3.05) is 13.6 Å². The third-order valence-corrected chi connectivity index (χ3v) is 3.50. The van der Waals surface area contributed by atoms with Crippen molar-refractivity contribution in [3.63, 3.8) is 0 Å². The Morgan fingerprint density at radius 3 is 3.00 bits per heavy atom. The lowest BCUT2D eigenvalue weighted by molar-refractivity contribution is 0.248. The Hall–Kier alpha value is -1.00. The number of allylic oxidation sites excluding steroid dienone is 3. The van der Waals surface area contributed by atoms with Crippen molar-refractivity contribution in [1.82, 2.24) is 4.90 Å². The second-order valence-corrected chi connectivity index (χ2v) is 4.95. The minimum atomic E-state index is 0.674. The molecule has 0 heterocycles. The summed E-state index contributed by atoms with van der Waals surface area (Å²) in [5.41, 5.74) is 3.01. The summed E-state index contributed by atoms with van der Waals surface area (Å²) in [6.07, 6.45) is 10.5. The predicted molar refractivity (Wildman–Crippen MR) is 69.1 cm³/mol. The van der Waals surface area contributed by atoms with Gasteiger partial charge < -0.3 is 0 Å². The standard InChI is InChI=1S/C15H21N/c1-13-7-6-8-14(11-13)12-16(2)15-9-4-3-5-10-15/h7,11,15H,4,6,8-10,12H2,1-2H3. The molecule has 0 bridgehead atoms. The van der Waals surface area contributed by atoms with Crippen LogP contribution in [0.5, 0.6) is 0 Å². The smallest absolute Gasteiger partial charge is 0.0245 e. The zero-order chi connectivity index (χ0) is 11.4. The van der Waals surface area contributed by atoms with E-state index in [-0.39, 0.29) is 0 Å².